The maximum absolute atomic E-state index is 13.8. The number of anilines is 1. The first kappa shape index (κ1) is 16.5. The van der Waals surface area contributed by atoms with Gasteiger partial charge in [-0.15, -0.1) is 0 Å². The number of hydrogen-bond acceptors (Lipinski definition) is 2. The van der Waals surface area contributed by atoms with E-state index in [9.17, 15) is 9.18 Å². The highest BCUT2D eigenvalue weighted by atomic mass is 19.1. The van der Waals surface area contributed by atoms with Crippen LogP contribution in [0.25, 0.3) is 0 Å². The summed E-state index contributed by atoms with van der Waals surface area (Å²) in [6, 6.07) is 12.5. The van der Waals surface area contributed by atoms with E-state index in [1.807, 2.05) is 25.1 Å². The second-order valence-electron chi connectivity index (χ2n) is 6.60. The Bertz CT molecular complexity index is 744. The molecule has 0 aliphatic heterocycles. The SMILES string of the molecule is CC(CC(=O)NC1CCCc2cc(N)ccc21)c1ccccc1F. The number of carbonyl (C=O) groups is 1. The molecule has 3 rings (SSSR count). The van der Waals surface area contributed by atoms with Gasteiger partial charge in [-0.3, -0.25) is 4.79 Å². The van der Waals surface area contributed by atoms with Crippen LogP contribution in [0.5, 0.6) is 0 Å². The van der Waals surface area contributed by atoms with Crippen molar-refractivity contribution in [3.05, 3.63) is 65.0 Å². The summed E-state index contributed by atoms with van der Waals surface area (Å²) in [7, 11) is 0. The Kier molecular flexibility index (Phi) is 4.84. The molecule has 0 bridgehead atoms. The van der Waals surface area contributed by atoms with Crippen molar-refractivity contribution in [2.75, 3.05) is 5.73 Å². The molecule has 3 nitrogen and oxygen atoms in total. The van der Waals surface area contributed by atoms with Crippen molar-refractivity contribution in [2.24, 2.45) is 0 Å². The molecule has 1 aliphatic carbocycles. The summed E-state index contributed by atoms with van der Waals surface area (Å²) in [5, 5.41) is 3.11. The number of fused-ring (bicyclic) bond motifs is 1. The van der Waals surface area contributed by atoms with Crippen LogP contribution < -0.4 is 11.1 Å². The van der Waals surface area contributed by atoms with Crippen LogP contribution in [0.2, 0.25) is 0 Å². The third kappa shape index (κ3) is 3.58. The fraction of sp³-hybridized carbons (Fsp3) is 0.350. The monoisotopic (exact) mass is 326 g/mol. The quantitative estimate of drug-likeness (QED) is 0.831. The van der Waals surface area contributed by atoms with E-state index in [2.05, 4.69) is 5.32 Å². The summed E-state index contributed by atoms with van der Waals surface area (Å²) in [5.41, 5.74) is 9.57. The van der Waals surface area contributed by atoms with E-state index < -0.39 is 0 Å². The highest BCUT2D eigenvalue weighted by Gasteiger charge is 2.23. The first-order valence-electron chi connectivity index (χ1n) is 8.46. The number of halogens is 1. The Balaban J connectivity index is 1.67. The summed E-state index contributed by atoms with van der Waals surface area (Å²) in [6.07, 6.45) is 3.24. The molecule has 3 N–H and O–H groups in total. The van der Waals surface area contributed by atoms with Crippen molar-refractivity contribution in [2.45, 2.75) is 44.6 Å². The van der Waals surface area contributed by atoms with E-state index >= 15 is 0 Å². The average molecular weight is 326 g/mol. The summed E-state index contributed by atoms with van der Waals surface area (Å²) in [6.45, 7) is 1.88. The number of hydrogen-bond donors (Lipinski definition) is 2. The molecule has 0 aromatic heterocycles. The maximum Gasteiger partial charge on any atom is 0.221 e. The molecule has 4 heteroatoms. The lowest BCUT2D eigenvalue weighted by atomic mass is 9.87. The number of aryl methyl sites for hydroxylation is 1. The van der Waals surface area contributed by atoms with Crippen LogP contribution in [0.3, 0.4) is 0 Å². The number of carbonyl (C=O) groups excluding carboxylic acids is 1. The van der Waals surface area contributed by atoms with Crippen molar-refractivity contribution in [3.63, 3.8) is 0 Å². The van der Waals surface area contributed by atoms with Gasteiger partial charge in [0.15, 0.2) is 0 Å². The maximum atomic E-state index is 13.8. The Hall–Kier alpha value is -2.36. The Morgan fingerprint density at radius 1 is 1.33 bits per heavy atom. The van der Waals surface area contributed by atoms with E-state index in [1.54, 1.807) is 18.2 Å². The first-order valence-corrected chi connectivity index (χ1v) is 8.46. The lowest BCUT2D eigenvalue weighted by Crippen LogP contribution is -2.31. The number of amides is 1. The minimum Gasteiger partial charge on any atom is -0.399 e. The predicted octanol–water partition coefficient (Wildman–Crippen LogP) is 4.10. The van der Waals surface area contributed by atoms with Gasteiger partial charge >= 0.3 is 0 Å². The zero-order valence-electron chi connectivity index (χ0n) is 13.9. The largest absolute Gasteiger partial charge is 0.399 e. The normalized spacial score (nSPS) is 17.8. The molecule has 2 aromatic rings. The molecular weight excluding hydrogens is 303 g/mol. The highest BCUT2D eigenvalue weighted by molar-refractivity contribution is 5.77. The van der Waals surface area contributed by atoms with Gasteiger partial charge in [0.2, 0.25) is 5.91 Å². The van der Waals surface area contributed by atoms with Gasteiger partial charge in [-0.2, -0.15) is 0 Å². The second-order valence-corrected chi connectivity index (χ2v) is 6.60. The van der Waals surface area contributed by atoms with Gasteiger partial charge in [-0.1, -0.05) is 31.2 Å². The molecule has 24 heavy (non-hydrogen) atoms. The summed E-state index contributed by atoms with van der Waals surface area (Å²) in [4.78, 5) is 12.4. The fourth-order valence-electron chi connectivity index (χ4n) is 3.50. The molecule has 0 fully saturated rings. The molecule has 0 saturated carbocycles. The average Bonchev–Trinajstić information content (AvgIpc) is 2.55. The van der Waals surface area contributed by atoms with Crippen molar-refractivity contribution in [3.8, 4) is 0 Å². The topological polar surface area (TPSA) is 55.1 Å². The minimum absolute atomic E-state index is 0.0228. The molecule has 0 saturated heterocycles. The van der Waals surface area contributed by atoms with Gasteiger partial charge in [-0.25, -0.2) is 4.39 Å². The van der Waals surface area contributed by atoms with E-state index in [4.69, 9.17) is 5.73 Å². The number of nitrogens with two attached hydrogens (primary N) is 1. The third-order valence-electron chi connectivity index (χ3n) is 4.74. The minimum atomic E-state index is -0.253. The number of rotatable bonds is 4. The van der Waals surface area contributed by atoms with Crippen LogP contribution in [-0.2, 0) is 11.2 Å². The Labute approximate surface area is 142 Å². The van der Waals surface area contributed by atoms with Crippen LogP contribution in [0, 0.1) is 5.82 Å². The van der Waals surface area contributed by atoms with Crippen LogP contribution in [0.1, 0.15) is 54.8 Å². The standard InChI is InChI=1S/C20H23FN2O/c1-13(16-6-2-3-7-18(16)21)11-20(24)23-19-8-4-5-14-12-15(22)9-10-17(14)19/h2-3,6-7,9-10,12-13,19H,4-5,8,11,22H2,1H3,(H,23,24). The van der Waals surface area contributed by atoms with E-state index in [-0.39, 0.29) is 30.1 Å². The molecule has 2 unspecified atom stereocenters. The summed E-state index contributed by atoms with van der Waals surface area (Å²) < 4.78 is 13.8. The molecular formula is C20H23FN2O. The molecule has 1 aliphatic rings. The van der Waals surface area contributed by atoms with Crippen molar-refractivity contribution in [1.29, 1.82) is 0 Å². The van der Waals surface area contributed by atoms with Gasteiger partial charge in [0, 0.05) is 12.1 Å². The number of nitrogens with one attached hydrogen (secondary N) is 1. The third-order valence-corrected chi connectivity index (χ3v) is 4.74. The smallest absolute Gasteiger partial charge is 0.221 e. The number of benzene rings is 2. The van der Waals surface area contributed by atoms with Crippen LogP contribution in [-0.4, -0.2) is 5.91 Å². The van der Waals surface area contributed by atoms with Gasteiger partial charge < -0.3 is 11.1 Å². The van der Waals surface area contributed by atoms with Crippen LogP contribution in [0.15, 0.2) is 42.5 Å². The Morgan fingerprint density at radius 2 is 2.12 bits per heavy atom. The molecule has 126 valence electrons. The van der Waals surface area contributed by atoms with Crippen molar-refractivity contribution >= 4 is 11.6 Å². The van der Waals surface area contributed by atoms with Gasteiger partial charge in [0.05, 0.1) is 6.04 Å². The molecule has 1 amide bonds. The van der Waals surface area contributed by atoms with Gasteiger partial charge in [0.1, 0.15) is 5.82 Å². The van der Waals surface area contributed by atoms with E-state index in [1.165, 1.54) is 11.6 Å². The lowest BCUT2D eigenvalue weighted by Gasteiger charge is -2.27. The first-order chi connectivity index (χ1) is 11.5. The molecule has 0 radical (unpaired) electrons. The Morgan fingerprint density at radius 3 is 2.92 bits per heavy atom. The van der Waals surface area contributed by atoms with Crippen LogP contribution in [0.4, 0.5) is 10.1 Å². The zero-order valence-corrected chi connectivity index (χ0v) is 13.9. The van der Waals surface area contributed by atoms with Gasteiger partial charge in [-0.05, 0) is 60.1 Å². The van der Waals surface area contributed by atoms with Crippen LogP contribution >= 0.6 is 0 Å². The molecule has 2 atom stereocenters. The molecule has 0 spiro atoms. The lowest BCUT2D eigenvalue weighted by molar-refractivity contribution is -0.122. The van der Waals surface area contributed by atoms with Crippen molar-refractivity contribution in [1.82, 2.24) is 5.32 Å². The van der Waals surface area contributed by atoms with E-state index in [0.717, 1.165) is 30.5 Å². The summed E-state index contributed by atoms with van der Waals surface area (Å²) >= 11 is 0. The molecule has 0 heterocycles. The van der Waals surface area contributed by atoms with Gasteiger partial charge in [0.25, 0.3) is 0 Å². The van der Waals surface area contributed by atoms with Crippen molar-refractivity contribution < 1.29 is 9.18 Å². The summed E-state index contributed by atoms with van der Waals surface area (Å²) in [5.74, 6) is -0.447. The molecule has 2 aromatic carbocycles. The predicted molar refractivity (Wildman–Crippen MR) is 94.1 cm³/mol. The fourth-order valence-corrected chi connectivity index (χ4v) is 3.50. The van der Waals surface area contributed by atoms with E-state index in [0.29, 0.717) is 5.56 Å². The second kappa shape index (κ2) is 7.04. The zero-order chi connectivity index (χ0) is 17.1. The number of nitrogen functional groups attached to an aromatic ring is 1. The highest BCUT2D eigenvalue weighted by Crippen LogP contribution is 2.31.